The van der Waals surface area contributed by atoms with Gasteiger partial charge in [-0.15, -0.1) is 0 Å². The number of hydrogen-bond acceptors (Lipinski definition) is 4. The molecule has 0 aromatic heterocycles. The zero-order chi connectivity index (χ0) is 16.5. The van der Waals surface area contributed by atoms with Crippen LogP contribution in [0.4, 0.5) is 4.79 Å². The number of carbonyl (C=O) groups excluding carboxylic acids is 2. The summed E-state index contributed by atoms with van der Waals surface area (Å²) in [6, 6.07) is 1.07. The first-order valence-electron chi connectivity index (χ1n) is 7.42. The van der Waals surface area contributed by atoms with Crippen molar-refractivity contribution in [3.05, 3.63) is 12.7 Å². The average Bonchev–Trinajstić information content (AvgIpc) is 2.39. The Labute approximate surface area is 130 Å². The normalized spacial score (nSPS) is 11.9. The van der Waals surface area contributed by atoms with Crippen LogP contribution in [-0.2, 0) is 13.6 Å². The fraction of sp³-hybridized carbons (Fsp3) is 0.714. The molecule has 1 N–H and O–H groups in total. The molecule has 0 aromatic carbocycles. The maximum atomic E-state index is 12.2. The lowest BCUT2D eigenvalue weighted by Gasteiger charge is -2.32. The van der Waals surface area contributed by atoms with Gasteiger partial charge in [-0.2, -0.15) is 0 Å². The van der Waals surface area contributed by atoms with Crippen LogP contribution in [0.2, 0.25) is 32.2 Å². The van der Waals surface area contributed by atoms with Gasteiger partial charge < -0.3 is 14.2 Å². The molecule has 0 spiro atoms. The predicted octanol–water partition coefficient (Wildman–Crippen LogP) is 3.23. The van der Waals surface area contributed by atoms with Crippen LogP contribution in [0.5, 0.6) is 0 Å². The molecule has 0 saturated carbocycles. The van der Waals surface area contributed by atoms with Crippen molar-refractivity contribution >= 4 is 28.1 Å². The number of carbonyl (C=O) groups is 2. The number of rotatable bonds is 10. The minimum absolute atomic E-state index is 0.0470. The largest absolute Gasteiger partial charge is 0.461 e. The first-order valence-corrected chi connectivity index (χ1v) is 13.4. The summed E-state index contributed by atoms with van der Waals surface area (Å²) >= 11 is 0. The second-order valence-corrected chi connectivity index (χ2v) is 14.4. The fourth-order valence-corrected chi connectivity index (χ4v) is 10.0. The molecule has 0 aliphatic heterocycles. The minimum atomic E-state index is -2.43. The predicted molar refractivity (Wildman–Crippen MR) is 90.3 cm³/mol. The van der Waals surface area contributed by atoms with Crippen LogP contribution in [0.1, 0.15) is 19.8 Å². The van der Waals surface area contributed by atoms with Crippen LogP contribution in [0.15, 0.2) is 12.7 Å². The molecule has 1 amide bonds. The maximum Gasteiger partial charge on any atom is 0.330 e. The third-order valence-corrected chi connectivity index (χ3v) is 10.1. The summed E-state index contributed by atoms with van der Waals surface area (Å²) in [6.45, 7) is 14.1. The lowest BCUT2D eigenvalue weighted by molar-refractivity contribution is -0.137. The van der Waals surface area contributed by atoms with Crippen LogP contribution >= 0.6 is 0 Å². The third-order valence-electron chi connectivity index (χ3n) is 3.01. The summed E-state index contributed by atoms with van der Waals surface area (Å²) in [4.78, 5) is 23.1. The van der Waals surface area contributed by atoms with Crippen LogP contribution in [0.3, 0.4) is 0 Å². The van der Waals surface area contributed by atoms with Gasteiger partial charge in [0.05, 0.1) is 6.54 Å². The Morgan fingerprint density at radius 2 is 1.86 bits per heavy atom. The molecule has 0 aliphatic carbocycles. The van der Waals surface area contributed by atoms with Gasteiger partial charge in [0.25, 0.3) is 8.32 Å². The Morgan fingerprint density at radius 1 is 1.24 bits per heavy atom. The first kappa shape index (κ1) is 20.1. The summed E-state index contributed by atoms with van der Waals surface area (Å²) in [5, 5.41) is 2.79. The molecule has 0 heterocycles. The summed E-state index contributed by atoms with van der Waals surface area (Å²) < 4.78 is 11.1. The Balaban J connectivity index is 4.26. The van der Waals surface area contributed by atoms with E-state index in [0.29, 0.717) is 6.54 Å². The first-order chi connectivity index (χ1) is 9.64. The zero-order valence-corrected chi connectivity index (χ0v) is 16.0. The van der Waals surface area contributed by atoms with Gasteiger partial charge in [0, 0.05) is 6.08 Å². The molecule has 21 heavy (non-hydrogen) atoms. The van der Waals surface area contributed by atoms with Gasteiger partial charge in [0.15, 0.2) is 8.32 Å². The minimum Gasteiger partial charge on any atom is -0.461 e. The van der Waals surface area contributed by atoms with Crippen molar-refractivity contribution < 1.29 is 18.4 Å². The van der Waals surface area contributed by atoms with Crippen molar-refractivity contribution in [2.75, 3.05) is 13.2 Å². The van der Waals surface area contributed by atoms with E-state index in [4.69, 9.17) is 8.85 Å². The lowest BCUT2D eigenvalue weighted by atomic mass is 10.4. The van der Waals surface area contributed by atoms with Crippen molar-refractivity contribution in [2.24, 2.45) is 0 Å². The zero-order valence-electron chi connectivity index (χ0n) is 14.0. The molecule has 0 rings (SSSR count). The quantitative estimate of drug-likeness (QED) is 0.289. The average molecular weight is 332 g/mol. The molecule has 5 nitrogen and oxygen atoms in total. The van der Waals surface area contributed by atoms with Crippen molar-refractivity contribution in [1.82, 2.24) is 5.32 Å². The highest BCUT2D eigenvalue weighted by molar-refractivity contribution is 7.03. The van der Waals surface area contributed by atoms with Gasteiger partial charge >= 0.3 is 5.97 Å². The van der Waals surface area contributed by atoms with Crippen LogP contribution in [0, 0.1) is 0 Å². The highest BCUT2D eigenvalue weighted by Gasteiger charge is 2.38. The van der Waals surface area contributed by atoms with Gasteiger partial charge in [-0.1, -0.05) is 26.3 Å². The second kappa shape index (κ2) is 9.16. The molecule has 0 atom stereocenters. The van der Waals surface area contributed by atoms with E-state index in [-0.39, 0.29) is 12.1 Å². The Kier molecular flexibility index (Phi) is 8.76. The number of hydrogen-bond donors (Lipinski definition) is 1. The van der Waals surface area contributed by atoms with E-state index >= 15 is 0 Å². The molecule has 122 valence electrons. The summed E-state index contributed by atoms with van der Waals surface area (Å²) in [5.74, 6) is -0.481. The Hall–Kier alpha value is -0.926. The number of amides is 1. The second-order valence-electron chi connectivity index (χ2n) is 6.10. The number of nitrogens with one attached hydrogen (secondary N) is 1. The Morgan fingerprint density at radius 3 is 2.38 bits per heavy atom. The van der Waals surface area contributed by atoms with E-state index in [9.17, 15) is 9.59 Å². The molecular formula is C14H29NO4Si2. The fourth-order valence-electron chi connectivity index (χ4n) is 1.98. The molecular weight excluding hydrogens is 302 g/mol. The van der Waals surface area contributed by atoms with Crippen molar-refractivity contribution in [1.29, 1.82) is 0 Å². The highest BCUT2D eigenvalue weighted by atomic mass is 28.4. The molecule has 0 aliphatic rings. The highest BCUT2D eigenvalue weighted by Crippen LogP contribution is 2.21. The van der Waals surface area contributed by atoms with Gasteiger partial charge in [-0.25, -0.2) is 4.79 Å². The standard InChI is InChI=1S/C14H29NO4Si2/c1-7-9-12-20(3,4)19-21(5,6)14(17)15-10-11-18-13(16)8-2/h8H,2,7,9-12H2,1,3-6H3,(H,15,17). The van der Waals surface area contributed by atoms with Crippen LogP contribution in [0.25, 0.3) is 0 Å². The molecule has 0 bridgehead atoms. The van der Waals surface area contributed by atoms with E-state index in [1.165, 1.54) is 0 Å². The monoisotopic (exact) mass is 331 g/mol. The number of esters is 1. The van der Waals surface area contributed by atoms with Gasteiger partial charge in [-0.3, -0.25) is 4.79 Å². The van der Waals surface area contributed by atoms with Crippen molar-refractivity contribution in [2.45, 2.75) is 52.0 Å². The SMILES string of the molecule is C=CC(=O)OCCNC(=O)[Si](C)(C)O[Si](C)(C)CCCC. The summed E-state index contributed by atoms with van der Waals surface area (Å²) in [5.41, 5.74) is -0.0470. The van der Waals surface area contributed by atoms with Crippen molar-refractivity contribution in [3.63, 3.8) is 0 Å². The molecule has 7 heteroatoms. The molecule has 0 fully saturated rings. The lowest BCUT2D eigenvalue weighted by Crippen LogP contribution is -2.54. The Bertz CT molecular complexity index is 370. The van der Waals surface area contributed by atoms with Crippen LogP contribution in [-0.4, -0.2) is 41.3 Å². The molecule has 0 unspecified atom stereocenters. The van der Waals surface area contributed by atoms with Gasteiger partial charge in [-0.05, 0) is 32.2 Å². The van der Waals surface area contributed by atoms with E-state index < -0.39 is 22.6 Å². The summed E-state index contributed by atoms with van der Waals surface area (Å²) in [6.07, 6.45) is 3.39. The van der Waals surface area contributed by atoms with Gasteiger partial charge in [0.1, 0.15) is 6.61 Å². The van der Waals surface area contributed by atoms with Gasteiger partial charge in [0.2, 0.25) is 5.53 Å². The number of unbranched alkanes of at least 4 members (excludes halogenated alkanes) is 1. The number of ether oxygens (including phenoxy) is 1. The third kappa shape index (κ3) is 8.84. The van der Waals surface area contributed by atoms with Crippen molar-refractivity contribution in [3.8, 4) is 0 Å². The van der Waals surface area contributed by atoms with Crippen LogP contribution < -0.4 is 5.32 Å². The van der Waals surface area contributed by atoms with E-state index in [1.54, 1.807) is 0 Å². The summed E-state index contributed by atoms with van der Waals surface area (Å²) in [7, 11) is -4.22. The van der Waals surface area contributed by atoms with E-state index in [0.717, 1.165) is 25.0 Å². The topological polar surface area (TPSA) is 64.6 Å². The van der Waals surface area contributed by atoms with E-state index in [1.807, 2.05) is 13.1 Å². The maximum absolute atomic E-state index is 12.2. The molecule has 0 radical (unpaired) electrons. The molecule has 0 saturated heterocycles. The molecule has 0 aromatic rings. The smallest absolute Gasteiger partial charge is 0.330 e. The van der Waals surface area contributed by atoms with E-state index in [2.05, 4.69) is 31.9 Å².